The number of aryl methyl sites for hydroxylation is 1. The quantitative estimate of drug-likeness (QED) is 0.899. The summed E-state index contributed by atoms with van der Waals surface area (Å²) in [6.45, 7) is 12.1. The van der Waals surface area contributed by atoms with E-state index in [0.29, 0.717) is 6.54 Å². The van der Waals surface area contributed by atoms with Gasteiger partial charge < -0.3 is 15.0 Å². The van der Waals surface area contributed by atoms with E-state index < -0.39 is 11.7 Å². The van der Waals surface area contributed by atoms with Gasteiger partial charge in [-0.15, -0.1) is 0 Å². The Bertz CT molecular complexity index is 589. The molecule has 24 heavy (non-hydrogen) atoms. The lowest BCUT2D eigenvalue weighted by molar-refractivity contribution is -0.122. The highest BCUT2D eigenvalue weighted by molar-refractivity contribution is 5.82. The van der Waals surface area contributed by atoms with E-state index in [2.05, 4.69) is 38.2 Å². The van der Waals surface area contributed by atoms with Crippen LogP contribution in [0.5, 0.6) is 0 Å². The second-order valence-electron chi connectivity index (χ2n) is 7.81. The molecule has 5 heteroatoms. The molecular weight excluding hydrogens is 304 g/mol. The SMILES string of the molecule is Cc1ccccc1C(C)(C)CNC(=O)CN(C)C(=O)OC(C)(C)C. The lowest BCUT2D eigenvalue weighted by Gasteiger charge is -2.28. The zero-order chi connectivity index (χ0) is 18.5. The molecule has 1 rings (SSSR count). The number of benzene rings is 1. The van der Waals surface area contributed by atoms with E-state index in [1.54, 1.807) is 27.8 Å². The lowest BCUT2D eigenvalue weighted by Crippen LogP contribution is -2.44. The van der Waals surface area contributed by atoms with Crippen LogP contribution in [-0.2, 0) is 14.9 Å². The molecule has 0 bridgehead atoms. The molecule has 0 aliphatic heterocycles. The van der Waals surface area contributed by atoms with Gasteiger partial charge in [-0.1, -0.05) is 38.1 Å². The molecule has 134 valence electrons. The van der Waals surface area contributed by atoms with Crippen LogP contribution < -0.4 is 5.32 Å². The number of carbonyl (C=O) groups excluding carboxylic acids is 2. The van der Waals surface area contributed by atoms with Crippen LogP contribution >= 0.6 is 0 Å². The summed E-state index contributed by atoms with van der Waals surface area (Å²) in [5.41, 5.74) is 1.63. The fraction of sp³-hybridized carbons (Fsp3) is 0.579. The number of nitrogens with one attached hydrogen (secondary N) is 1. The summed E-state index contributed by atoms with van der Waals surface area (Å²) in [6, 6.07) is 8.15. The second kappa shape index (κ2) is 7.69. The van der Waals surface area contributed by atoms with Crippen molar-refractivity contribution in [2.45, 2.75) is 52.6 Å². The molecule has 0 atom stereocenters. The van der Waals surface area contributed by atoms with Gasteiger partial charge in [-0.2, -0.15) is 0 Å². The fourth-order valence-corrected chi connectivity index (χ4v) is 2.42. The van der Waals surface area contributed by atoms with E-state index >= 15 is 0 Å². The number of ether oxygens (including phenoxy) is 1. The van der Waals surface area contributed by atoms with Crippen LogP contribution in [0.15, 0.2) is 24.3 Å². The normalized spacial score (nSPS) is 11.8. The topological polar surface area (TPSA) is 58.6 Å². The molecular formula is C19H30N2O3. The first-order valence-electron chi connectivity index (χ1n) is 8.19. The third-order valence-corrected chi connectivity index (χ3v) is 3.69. The number of likely N-dealkylation sites (N-methyl/N-ethyl adjacent to an activating group) is 1. The van der Waals surface area contributed by atoms with Gasteiger partial charge in [0.2, 0.25) is 5.91 Å². The van der Waals surface area contributed by atoms with Gasteiger partial charge in [-0.3, -0.25) is 4.79 Å². The molecule has 0 fully saturated rings. The minimum atomic E-state index is -0.575. The summed E-state index contributed by atoms with van der Waals surface area (Å²) in [4.78, 5) is 25.3. The monoisotopic (exact) mass is 334 g/mol. The first-order valence-corrected chi connectivity index (χ1v) is 8.19. The maximum atomic E-state index is 12.1. The Kier molecular flexibility index (Phi) is 6.41. The molecule has 1 aromatic rings. The Morgan fingerprint density at radius 1 is 1.12 bits per heavy atom. The fourth-order valence-electron chi connectivity index (χ4n) is 2.42. The van der Waals surface area contributed by atoms with Gasteiger partial charge in [0.05, 0.1) is 0 Å². The van der Waals surface area contributed by atoms with Crippen LogP contribution in [0.4, 0.5) is 4.79 Å². The van der Waals surface area contributed by atoms with E-state index in [0.717, 1.165) is 0 Å². The van der Waals surface area contributed by atoms with E-state index in [-0.39, 0.29) is 17.9 Å². The average Bonchev–Trinajstić information content (AvgIpc) is 2.43. The molecule has 2 amide bonds. The average molecular weight is 334 g/mol. The summed E-state index contributed by atoms with van der Waals surface area (Å²) in [7, 11) is 1.56. The van der Waals surface area contributed by atoms with Crippen molar-refractivity contribution in [1.29, 1.82) is 0 Å². The minimum absolute atomic E-state index is 0.0290. The van der Waals surface area contributed by atoms with Gasteiger partial charge in [0.25, 0.3) is 0 Å². The van der Waals surface area contributed by atoms with Gasteiger partial charge in [0, 0.05) is 19.0 Å². The highest BCUT2D eigenvalue weighted by Crippen LogP contribution is 2.25. The van der Waals surface area contributed by atoms with E-state index in [4.69, 9.17) is 4.74 Å². The number of carbonyl (C=O) groups is 2. The van der Waals surface area contributed by atoms with Crippen LogP contribution in [0.1, 0.15) is 45.7 Å². The molecule has 0 radical (unpaired) electrons. The third-order valence-electron chi connectivity index (χ3n) is 3.69. The molecule has 5 nitrogen and oxygen atoms in total. The van der Waals surface area contributed by atoms with Gasteiger partial charge in [-0.25, -0.2) is 4.79 Å². The maximum Gasteiger partial charge on any atom is 0.410 e. The van der Waals surface area contributed by atoms with Gasteiger partial charge in [-0.05, 0) is 38.8 Å². The minimum Gasteiger partial charge on any atom is -0.444 e. The van der Waals surface area contributed by atoms with Crippen molar-refractivity contribution in [2.24, 2.45) is 0 Å². The smallest absolute Gasteiger partial charge is 0.410 e. The number of nitrogens with zero attached hydrogens (tertiary/aromatic N) is 1. The van der Waals surface area contributed by atoms with Crippen molar-refractivity contribution in [3.05, 3.63) is 35.4 Å². The molecule has 0 saturated carbocycles. The summed E-state index contributed by atoms with van der Waals surface area (Å²) < 4.78 is 5.24. The highest BCUT2D eigenvalue weighted by Gasteiger charge is 2.24. The summed E-state index contributed by atoms with van der Waals surface area (Å²) in [6.07, 6.45) is -0.504. The van der Waals surface area contributed by atoms with E-state index in [1.165, 1.54) is 16.0 Å². The molecule has 0 unspecified atom stereocenters. The van der Waals surface area contributed by atoms with Gasteiger partial charge in [0.15, 0.2) is 0 Å². The summed E-state index contributed by atoms with van der Waals surface area (Å²) in [5, 5.41) is 2.91. The highest BCUT2D eigenvalue weighted by atomic mass is 16.6. The lowest BCUT2D eigenvalue weighted by atomic mass is 9.82. The van der Waals surface area contributed by atoms with Gasteiger partial charge in [0.1, 0.15) is 12.1 Å². The largest absolute Gasteiger partial charge is 0.444 e. The molecule has 0 aliphatic rings. The predicted octanol–water partition coefficient (Wildman–Crippen LogP) is 3.26. The van der Waals surface area contributed by atoms with Crippen LogP contribution in [0.25, 0.3) is 0 Å². The molecule has 1 N–H and O–H groups in total. The van der Waals surface area contributed by atoms with Crippen LogP contribution in [0, 0.1) is 6.92 Å². The standard InChI is InChI=1S/C19H30N2O3/c1-14-10-8-9-11-15(14)19(5,6)13-20-16(22)12-21(7)17(23)24-18(2,3)4/h8-11H,12-13H2,1-7H3,(H,20,22). The zero-order valence-corrected chi connectivity index (χ0v) is 15.9. The Morgan fingerprint density at radius 3 is 2.25 bits per heavy atom. The van der Waals surface area contributed by atoms with Gasteiger partial charge >= 0.3 is 6.09 Å². The zero-order valence-electron chi connectivity index (χ0n) is 15.9. The van der Waals surface area contributed by atoms with E-state index in [9.17, 15) is 9.59 Å². The molecule has 0 saturated heterocycles. The van der Waals surface area contributed by atoms with Crippen molar-refractivity contribution < 1.29 is 14.3 Å². The van der Waals surface area contributed by atoms with Crippen LogP contribution in [0.3, 0.4) is 0 Å². The van der Waals surface area contributed by atoms with Crippen molar-refractivity contribution in [2.75, 3.05) is 20.1 Å². The number of amides is 2. The first-order chi connectivity index (χ1) is 10.9. The second-order valence-corrected chi connectivity index (χ2v) is 7.81. The van der Waals surface area contributed by atoms with E-state index in [1.807, 2.05) is 12.1 Å². The Balaban J connectivity index is 2.57. The maximum absolute atomic E-state index is 12.1. The van der Waals surface area contributed by atoms with Crippen molar-refractivity contribution >= 4 is 12.0 Å². The predicted molar refractivity (Wildman–Crippen MR) is 96.1 cm³/mol. The summed E-state index contributed by atoms with van der Waals surface area (Å²) in [5.74, 6) is -0.204. The Hall–Kier alpha value is -2.04. The van der Waals surface area contributed by atoms with Crippen LogP contribution in [0.2, 0.25) is 0 Å². The van der Waals surface area contributed by atoms with Crippen molar-refractivity contribution in [1.82, 2.24) is 10.2 Å². The molecule has 1 aromatic carbocycles. The molecule has 0 aromatic heterocycles. The summed E-state index contributed by atoms with van der Waals surface area (Å²) >= 11 is 0. The molecule has 0 aliphatic carbocycles. The number of hydrogen-bond donors (Lipinski definition) is 1. The number of hydrogen-bond acceptors (Lipinski definition) is 3. The van der Waals surface area contributed by atoms with Crippen molar-refractivity contribution in [3.63, 3.8) is 0 Å². The third kappa shape index (κ3) is 6.22. The Labute approximate surface area is 145 Å². The molecule has 0 spiro atoms. The van der Waals surface area contributed by atoms with Crippen LogP contribution in [-0.4, -0.2) is 42.6 Å². The number of rotatable bonds is 5. The Morgan fingerprint density at radius 2 is 1.71 bits per heavy atom. The molecule has 0 heterocycles. The first kappa shape index (κ1) is 20.0. The van der Waals surface area contributed by atoms with Crippen molar-refractivity contribution in [3.8, 4) is 0 Å².